The Hall–Kier alpha value is -1.82. The molecule has 1 heterocycles. The lowest BCUT2D eigenvalue weighted by Gasteiger charge is -2.23. The summed E-state index contributed by atoms with van der Waals surface area (Å²) in [6, 6.07) is 2.84. The molecule has 1 aliphatic rings. The Balaban J connectivity index is 1.74. The fourth-order valence-electron chi connectivity index (χ4n) is 2.76. The molecule has 6 heteroatoms. The molecule has 0 radical (unpaired) electrons. The molecule has 3 N–H and O–H groups in total. The van der Waals surface area contributed by atoms with E-state index in [2.05, 4.69) is 16.0 Å². The lowest BCUT2D eigenvalue weighted by atomic mass is 9.96. The summed E-state index contributed by atoms with van der Waals surface area (Å²) in [7, 11) is 0. The molecule has 0 bridgehead atoms. The van der Waals surface area contributed by atoms with Gasteiger partial charge in [0.05, 0.1) is 18.3 Å². The van der Waals surface area contributed by atoms with Crippen molar-refractivity contribution < 1.29 is 14.0 Å². The minimum Gasteiger partial charge on any atom is -0.468 e. The van der Waals surface area contributed by atoms with E-state index in [9.17, 15) is 9.59 Å². The third kappa shape index (κ3) is 4.87. The molecule has 0 aromatic carbocycles. The monoisotopic (exact) mass is 307 g/mol. The lowest BCUT2D eigenvalue weighted by Crippen LogP contribution is -2.50. The third-order valence-electron chi connectivity index (χ3n) is 4.04. The zero-order chi connectivity index (χ0) is 15.9. The van der Waals surface area contributed by atoms with Crippen molar-refractivity contribution in [3.8, 4) is 0 Å². The van der Waals surface area contributed by atoms with Crippen molar-refractivity contribution in [2.45, 2.75) is 64.1 Å². The second kappa shape index (κ2) is 7.98. The summed E-state index contributed by atoms with van der Waals surface area (Å²) < 4.78 is 5.28. The summed E-state index contributed by atoms with van der Waals surface area (Å²) in [5.74, 6) is 0.415. The van der Waals surface area contributed by atoms with Crippen LogP contribution >= 0.6 is 0 Å². The highest BCUT2D eigenvalue weighted by Gasteiger charge is 2.21. The third-order valence-corrected chi connectivity index (χ3v) is 4.04. The Morgan fingerprint density at radius 2 is 1.95 bits per heavy atom. The fraction of sp³-hybridized carbons (Fsp3) is 0.625. The van der Waals surface area contributed by atoms with Gasteiger partial charge in [-0.25, -0.2) is 4.79 Å². The van der Waals surface area contributed by atoms with Gasteiger partial charge in [-0.05, 0) is 38.8 Å². The minimum absolute atomic E-state index is 0.0999. The van der Waals surface area contributed by atoms with E-state index in [-0.39, 0.29) is 18.0 Å². The smallest absolute Gasteiger partial charge is 0.321 e. The molecule has 0 unspecified atom stereocenters. The Kier molecular flexibility index (Phi) is 6.00. The van der Waals surface area contributed by atoms with Gasteiger partial charge in [0, 0.05) is 6.04 Å². The van der Waals surface area contributed by atoms with Crippen molar-refractivity contribution in [1.29, 1.82) is 0 Å². The molecule has 122 valence electrons. The fourth-order valence-corrected chi connectivity index (χ4v) is 2.76. The van der Waals surface area contributed by atoms with Gasteiger partial charge in [0.1, 0.15) is 5.76 Å². The zero-order valence-corrected chi connectivity index (χ0v) is 13.2. The standard InChI is InChI=1S/C16H25N3O3/c1-11(14-9-6-10-22-14)17-12(2)15(20)19-16(21)18-13-7-4-3-5-8-13/h6,9-13,17H,3-5,7-8H2,1-2H3,(H2,18,19,20,21)/t11-,12+/m1/s1. The molecule has 0 saturated heterocycles. The number of imide groups is 1. The summed E-state index contributed by atoms with van der Waals surface area (Å²) in [5, 5.41) is 8.37. The molecule has 0 spiro atoms. The van der Waals surface area contributed by atoms with E-state index in [1.54, 1.807) is 19.3 Å². The predicted molar refractivity (Wildman–Crippen MR) is 83.3 cm³/mol. The molecule has 2 rings (SSSR count). The molecule has 1 aliphatic carbocycles. The summed E-state index contributed by atoms with van der Waals surface area (Å²) >= 11 is 0. The quantitative estimate of drug-likeness (QED) is 0.780. The van der Waals surface area contributed by atoms with E-state index in [1.807, 2.05) is 13.0 Å². The van der Waals surface area contributed by atoms with Crippen LogP contribution in [0.25, 0.3) is 0 Å². The molecule has 2 atom stereocenters. The maximum atomic E-state index is 12.0. The number of furan rings is 1. The molecule has 3 amide bonds. The predicted octanol–water partition coefficient (Wildman–Crippen LogP) is 2.48. The molecule has 1 aromatic rings. The van der Waals surface area contributed by atoms with E-state index >= 15 is 0 Å². The van der Waals surface area contributed by atoms with Crippen LogP contribution in [0.2, 0.25) is 0 Å². The highest BCUT2D eigenvalue weighted by atomic mass is 16.3. The van der Waals surface area contributed by atoms with Gasteiger partial charge in [0.25, 0.3) is 0 Å². The topological polar surface area (TPSA) is 83.4 Å². The second-order valence-electron chi connectivity index (χ2n) is 5.92. The van der Waals surface area contributed by atoms with E-state index < -0.39 is 12.1 Å². The van der Waals surface area contributed by atoms with Gasteiger partial charge >= 0.3 is 6.03 Å². The summed E-state index contributed by atoms with van der Waals surface area (Å²) in [5.41, 5.74) is 0. The van der Waals surface area contributed by atoms with Crippen LogP contribution in [0.1, 0.15) is 57.8 Å². The Morgan fingerprint density at radius 1 is 1.23 bits per heavy atom. The average Bonchev–Trinajstić information content (AvgIpc) is 3.02. The van der Waals surface area contributed by atoms with Crippen LogP contribution in [0.3, 0.4) is 0 Å². The number of hydrogen-bond donors (Lipinski definition) is 3. The number of amides is 3. The Labute approximate surface area is 131 Å². The number of nitrogens with one attached hydrogen (secondary N) is 3. The van der Waals surface area contributed by atoms with Crippen LogP contribution in [0.4, 0.5) is 4.79 Å². The van der Waals surface area contributed by atoms with Gasteiger partial charge < -0.3 is 9.73 Å². The van der Waals surface area contributed by atoms with Crippen LogP contribution in [-0.2, 0) is 4.79 Å². The summed E-state index contributed by atoms with van der Waals surface area (Å²) in [6.07, 6.45) is 7.07. The first-order chi connectivity index (χ1) is 10.6. The number of urea groups is 1. The lowest BCUT2D eigenvalue weighted by molar-refractivity contribution is -0.121. The van der Waals surface area contributed by atoms with Gasteiger partial charge in [-0.15, -0.1) is 0 Å². The van der Waals surface area contributed by atoms with Crippen LogP contribution in [0.5, 0.6) is 0 Å². The Morgan fingerprint density at radius 3 is 2.59 bits per heavy atom. The molecule has 0 aliphatic heterocycles. The van der Waals surface area contributed by atoms with Crippen molar-refractivity contribution >= 4 is 11.9 Å². The van der Waals surface area contributed by atoms with Gasteiger partial charge in [0.15, 0.2) is 0 Å². The number of carbonyl (C=O) groups excluding carboxylic acids is 2. The van der Waals surface area contributed by atoms with Crippen LogP contribution in [0.15, 0.2) is 22.8 Å². The van der Waals surface area contributed by atoms with Crippen LogP contribution in [-0.4, -0.2) is 24.0 Å². The van der Waals surface area contributed by atoms with Crippen molar-refractivity contribution in [2.24, 2.45) is 0 Å². The highest BCUT2D eigenvalue weighted by Crippen LogP contribution is 2.17. The van der Waals surface area contributed by atoms with Crippen molar-refractivity contribution in [3.63, 3.8) is 0 Å². The first kappa shape index (κ1) is 16.5. The van der Waals surface area contributed by atoms with E-state index in [1.165, 1.54) is 6.42 Å². The Bertz CT molecular complexity index is 481. The first-order valence-electron chi connectivity index (χ1n) is 7.97. The zero-order valence-electron chi connectivity index (χ0n) is 13.2. The molecule has 1 saturated carbocycles. The maximum absolute atomic E-state index is 12.0. The van der Waals surface area contributed by atoms with Gasteiger partial charge in [-0.1, -0.05) is 19.3 Å². The molecule has 1 aromatic heterocycles. The number of carbonyl (C=O) groups is 2. The summed E-state index contributed by atoms with van der Waals surface area (Å²) in [4.78, 5) is 23.9. The number of rotatable bonds is 5. The second-order valence-corrected chi connectivity index (χ2v) is 5.92. The van der Waals surface area contributed by atoms with Gasteiger partial charge in [-0.2, -0.15) is 0 Å². The van der Waals surface area contributed by atoms with Crippen LogP contribution < -0.4 is 16.0 Å². The minimum atomic E-state index is -0.489. The maximum Gasteiger partial charge on any atom is 0.321 e. The van der Waals surface area contributed by atoms with E-state index in [0.717, 1.165) is 31.4 Å². The molecule has 6 nitrogen and oxygen atoms in total. The number of hydrogen-bond acceptors (Lipinski definition) is 4. The highest BCUT2D eigenvalue weighted by molar-refractivity contribution is 5.96. The van der Waals surface area contributed by atoms with Crippen molar-refractivity contribution in [2.75, 3.05) is 0 Å². The molecule has 1 fully saturated rings. The molecule has 22 heavy (non-hydrogen) atoms. The van der Waals surface area contributed by atoms with E-state index in [4.69, 9.17) is 4.42 Å². The summed E-state index contributed by atoms with van der Waals surface area (Å²) in [6.45, 7) is 3.63. The van der Waals surface area contributed by atoms with Gasteiger partial charge in [-0.3, -0.25) is 15.4 Å². The van der Waals surface area contributed by atoms with Crippen molar-refractivity contribution in [1.82, 2.24) is 16.0 Å². The SMILES string of the molecule is C[C@H](N[C@H](C)c1ccco1)C(=O)NC(=O)NC1CCCCC1. The molecular formula is C16H25N3O3. The van der Waals surface area contributed by atoms with E-state index in [0.29, 0.717) is 0 Å². The molecular weight excluding hydrogens is 282 g/mol. The largest absolute Gasteiger partial charge is 0.468 e. The average molecular weight is 307 g/mol. The first-order valence-corrected chi connectivity index (χ1v) is 7.97. The van der Waals surface area contributed by atoms with Gasteiger partial charge in [0.2, 0.25) is 5.91 Å². The van der Waals surface area contributed by atoms with Crippen molar-refractivity contribution in [3.05, 3.63) is 24.2 Å². The van der Waals surface area contributed by atoms with Crippen LogP contribution in [0, 0.1) is 0 Å². The normalized spacial score (nSPS) is 18.5.